The van der Waals surface area contributed by atoms with Crippen molar-refractivity contribution in [3.8, 4) is 0 Å². The summed E-state index contributed by atoms with van der Waals surface area (Å²) < 4.78 is 0. The van der Waals surface area contributed by atoms with Crippen molar-refractivity contribution in [1.82, 2.24) is 15.2 Å². The molecule has 0 fully saturated rings. The predicted octanol–water partition coefficient (Wildman–Crippen LogP) is 4.97. The fourth-order valence-electron chi connectivity index (χ4n) is 4.17. The topological polar surface area (TPSA) is 62.3 Å². The van der Waals surface area contributed by atoms with Crippen LogP contribution in [0.15, 0.2) is 115 Å². The van der Waals surface area contributed by atoms with Gasteiger partial charge < -0.3 is 10.2 Å². The molecule has 0 bridgehead atoms. The summed E-state index contributed by atoms with van der Waals surface area (Å²) in [6.45, 7) is 0.672. The third-order valence-electron chi connectivity index (χ3n) is 6.11. The molecule has 1 N–H and O–H groups in total. The van der Waals surface area contributed by atoms with Crippen molar-refractivity contribution in [3.63, 3.8) is 0 Å². The molecule has 1 unspecified atom stereocenters. The maximum atomic E-state index is 13.7. The number of hydrogen-bond donors (Lipinski definition) is 1. The van der Waals surface area contributed by atoms with E-state index in [1.807, 2.05) is 109 Å². The summed E-state index contributed by atoms with van der Waals surface area (Å²) in [5.41, 5.74) is 3.87. The Bertz CT molecular complexity index is 1120. The molecule has 2 amide bonds. The number of nitrogens with one attached hydrogen (secondary N) is 1. The van der Waals surface area contributed by atoms with Gasteiger partial charge in [-0.25, -0.2) is 0 Å². The third-order valence-corrected chi connectivity index (χ3v) is 6.11. The molecule has 36 heavy (non-hydrogen) atoms. The molecule has 4 aromatic rings. The van der Waals surface area contributed by atoms with Crippen molar-refractivity contribution in [1.29, 1.82) is 0 Å². The van der Waals surface area contributed by atoms with Gasteiger partial charge in [0.15, 0.2) is 0 Å². The lowest BCUT2D eigenvalue weighted by atomic mass is 10.0. The summed E-state index contributed by atoms with van der Waals surface area (Å²) in [6.07, 6.45) is 3.09. The first-order valence-electron chi connectivity index (χ1n) is 12.3. The average Bonchev–Trinajstić information content (AvgIpc) is 2.94. The van der Waals surface area contributed by atoms with Crippen LogP contribution in [0.3, 0.4) is 0 Å². The van der Waals surface area contributed by atoms with Crippen LogP contribution in [0, 0.1) is 0 Å². The Hall–Kier alpha value is -4.25. The Morgan fingerprint density at radius 1 is 0.722 bits per heavy atom. The zero-order chi connectivity index (χ0) is 25.0. The number of benzene rings is 3. The van der Waals surface area contributed by atoms with Crippen LogP contribution in [0.4, 0.5) is 0 Å². The van der Waals surface area contributed by atoms with Gasteiger partial charge in [-0.15, -0.1) is 0 Å². The van der Waals surface area contributed by atoms with Crippen molar-refractivity contribution in [2.75, 3.05) is 0 Å². The van der Waals surface area contributed by atoms with Crippen LogP contribution in [0.5, 0.6) is 0 Å². The van der Waals surface area contributed by atoms with Crippen molar-refractivity contribution in [2.45, 2.75) is 38.4 Å². The first kappa shape index (κ1) is 24.9. The summed E-state index contributed by atoms with van der Waals surface area (Å²) in [5, 5.41) is 3.02. The minimum atomic E-state index is -0.653. The fraction of sp³-hybridized carbons (Fsp3) is 0.194. The van der Waals surface area contributed by atoms with Crippen LogP contribution >= 0.6 is 0 Å². The number of aryl methyl sites for hydroxylation is 1. The highest BCUT2D eigenvalue weighted by Gasteiger charge is 2.30. The lowest BCUT2D eigenvalue weighted by molar-refractivity contribution is -0.141. The van der Waals surface area contributed by atoms with Crippen LogP contribution in [0.2, 0.25) is 0 Å². The van der Waals surface area contributed by atoms with Gasteiger partial charge in [-0.3, -0.25) is 14.6 Å². The first-order chi connectivity index (χ1) is 17.7. The standard InChI is InChI=1S/C31H31N3O2/c35-30(20-19-25-12-4-1-5-13-25)34(24-27-16-8-3-9-17-27)29(22-26-14-6-2-7-15-26)31(36)33-23-28-18-10-11-21-32-28/h1-18,21,29H,19-20,22-24H2,(H,33,36). The van der Waals surface area contributed by atoms with E-state index in [0.717, 1.165) is 22.4 Å². The summed E-state index contributed by atoms with van der Waals surface area (Å²) in [5.74, 6) is -0.231. The van der Waals surface area contributed by atoms with E-state index in [-0.39, 0.29) is 11.8 Å². The SMILES string of the molecule is O=C(NCc1ccccn1)C(Cc1ccccc1)N(Cc1ccccc1)C(=O)CCc1ccccc1. The maximum absolute atomic E-state index is 13.7. The van der Waals surface area contributed by atoms with E-state index in [1.165, 1.54) is 0 Å². The van der Waals surface area contributed by atoms with Crippen LogP contribution in [-0.4, -0.2) is 27.7 Å². The monoisotopic (exact) mass is 477 g/mol. The molecule has 5 nitrogen and oxygen atoms in total. The number of rotatable bonds is 11. The molecule has 5 heteroatoms. The smallest absolute Gasteiger partial charge is 0.243 e. The van der Waals surface area contributed by atoms with Gasteiger partial charge in [0.05, 0.1) is 12.2 Å². The van der Waals surface area contributed by atoms with Gasteiger partial charge in [0.1, 0.15) is 6.04 Å². The maximum Gasteiger partial charge on any atom is 0.243 e. The predicted molar refractivity (Wildman–Crippen MR) is 142 cm³/mol. The molecule has 3 aromatic carbocycles. The molecule has 0 saturated carbocycles. The van der Waals surface area contributed by atoms with Gasteiger partial charge in [-0.1, -0.05) is 97.1 Å². The van der Waals surface area contributed by atoms with Crippen molar-refractivity contribution >= 4 is 11.8 Å². The third kappa shape index (κ3) is 7.37. The molecule has 0 aliphatic carbocycles. The number of nitrogens with zero attached hydrogens (tertiary/aromatic N) is 2. The molecule has 0 aliphatic rings. The lowest BCUT2D eigenvalue weighted by Crippen LogP contribution is -2.50. The number of amides is 2. The minimum Gasteiger partial charge on any atom is -0.349 e. The zero-order valence-corrected chi connectivity index (χ0v) is 20.3. The largest absolute Gasteiger partial charge is 0.349 e. The second-order valence-corrected chi connectivity index (χ2v) is 8.74. The van der Waals surface area contributed by atoms with Crippen molar-refractivity contribution < 1.29 is 9.59 Å². The molecule has 0 spiro atoms. The van der Waals surface area contributed by atoms with Gasteiger partial charge >= 0.3 is 0 Å². The fourth-order valence-corrected chi connectivity index (χ4v) is 4.17. The first-order valence-corrected chi connectivity index (χ1v) is 12.3. The summed E-state index contributed by atoms with van der Waals surface area (Å²) in [7, 11) is 0. The van der Waals surface area contributed by atoms with Crippen LogP contribution in [0.25, 0.3) is 0 Å². The molecule has 4 rings (SSSR count). The average molecular weight is 478 g/mol. The molecule has 1 aromatic heterocycles. The van der Waals surface area contributed by atoms with Crippen LogP contribution in [0.1, 0.15) is 28.8 Å². The highest BCUT2D eigenvalue weighted by Crippen LogP contribution is 2.17. The Balaban J connectivity index is 1.59. The normalized spacial score (nSPS) is 11.4. The molecule has 1 heterocycles. The Morgan fingerprint density at radius 3 is 1.92 bits per heavy atom. The van der Waals surface area contributed by atoms with E-state index < -0.39 is 6.04 Å². The number of carbonyl (C=O) groups is 2. The highest BCUT2D eigenvalue weighted by molar-refractivity contribution is 5.88. The van der Waals surface area contributed by atoms with E-state index in [2.05, 4.69) is 10.3 Å². The van der Waals surface area contributed by atoms with Gasteiger partial charge in [-0.05, 0) is 35.2 Å². The quantitative estimate of drug-likeness (QED) is 0.332. The highest BCUT2D eigenvalue weighted by atomic mass is 16.2. The van der Waals surface area contributed by atoms with Crippen molar-refractivity contribution in [2.24, 2.45) is 0 Å². The van der Waals surface area contributed by atoms with Crippen molar-refractivity contribution in [3.05, 3.63) is 138 Å². The lowest BCUT2D eigenvalue weighted by Gasteiger charge is -2.31. The summed E-state index contributed by atoms with van der Waals surface area (Å²) >= 11 is 0. The number of hydrogen-bond acceptors (Lipinski definition) is 3. The van der Waals surface area contributed by atoms with E-state index in [0.29, 0.717) is 32.4 Å². The van der Waals surface area contributed by atoms with E-state index in [9.17, 15) is 9.59 Å². The van der Waals surface area contributed by atoms with E-state index in [4.69, 9.17) is 0 Å². The second kappa shape index (κ2) is 13.0. The van der Waals surface area contributed by atoms with E-state index in [1.54, 1.807) is 11.1 Å². The molecule has 0 saturated heterocycles. The summed E-state index contributed by atoms with van der Waals surface area (Å²) in [6, 6.07) is 34.6. The number of carbonyl (C=O) groups excluding carboxylic acids is 2. The number of pyridine rings is 1. The Kier molecular flexibility index (Phi) is 8.98. The Labute approximate surface area is 212 Å². The van der Waals surface area contributed by atoms with Gasteiger partial charge in [0.25, 0.3) is 0 Å². The molecule has 182 valence electrons. The molecule has 1 atom stereocenters. The molecular formula is C31H31N3O2. The van der Waals surface area contributed by atoms with Gasteiger partial charge in [-0.2, -0.15) is 0 Å². The second-order valence-electron chi connectivity index (χ2n) is 8.74. The van der Waals surface area contributed by atoms with Crippen LogP contribution < -0.4 is 5.32 Å². The zero-order valence-electron chi connectivity index (χ0n) is 20.3. The minimum absolute atomic E-state index is 0.0448. The summed E-state index contributed by atoms with van der Waals surface area (Å²) in [4.78, 5) is 33.3. The Morgan fingerprint density at radius 2 is 1.31 bits per heavy atom. The molecule has 0 radical (unpaired) electrons. The van der Waals surface area contributed by atoms with Gasteiger partial charge in [0, 0.05) is 25.6 Å². The van der Waals surface area contributed by atoms with E-state index >= 15 is 0 Å². The molecule has 0 aliphatic heterocycles. The number of aromatic nitrogens is 1. The van der Waals surface area contributed by atoms with Gasteiger partial charge in [0.2, 0.25) is 11.8 Å². The van der Waals surface area contributed by atoms with Crippen LogP contribution in [-0.2, 0) is 35.5 Å². The molecular weight excluding hydrogens is 446 g/mol.